The van der Waals surface area contributed by atoms with Gasteiger partial charge in [-0.25, -0.2) is 9.48 Å². The fourth-order valence-electron chi connectivity index (χ4n) is 2.78. The molecule has 2 N–H and O–H groups in total. The van der Waals surface area contributed by atoms with Crippen molar-refractivity contribution in [1.82, 2.24) is 20.3 Å². The molecule has 1 aliphatic rings. The van der Waals surface area contributed by atoms with Gasteiger partial charge in [-0.15, -0.1) is 5.10 Å². The maximum Gasteiger partial charge on any atom is 0.360 e. The number of esters is 1. The molecule has 1 saturated heterocycles. The first kappa shape index (κ1) is 15.9. The molecule has 0 amide bonds. The largest absolute Gasteiger partial charge is 0.464 e. The Morgan fingerprint density at radius 2 is 2.14 bits per heavy atom. The first-order valence-electron chi connectivity index (χ1n) is 7.61. The number of piperidine rings is 1. The molecule has 21 heavy (non-hydrogen) atoms. The second kappa shape index (κ2) is 8.09. The average Bonchev–Trinajstić information content (AvgIpc) is 2.95. The maximum atomic E-state index is 11.9. The third kappa shape index (κ3) is 4.01. The molecule has 1 fully saturated rings. The quantitative estimate of drug-likeness (QED) is 0.568. The van der Waals surface area contributed by atoms with Crippen molar-refractivity contribution in [2.45, 2.75) is 44.6 Å². The number of rotatable bonds is 7. The molecule has 1 aromatic heterocycles. The van der Waals surface area contributed by atoms with E-state index >= 15 is 0 Å². The summed E-state index contributed by atoms with van der Waals surface area (Å²) in [5.74, 6) is -0.113. The number of methoxy groups -OCH3 is 1. The van der Waals surface area contributed by atoms with Crippen LogP contribution in [0.1, 0.15) is 54.2 Å². The Labute approximate surface area is 124 Å². The van der Waals surface area contributed by atoms with Crippen LogP contribution >= 0.6 is 0 Å². The summed E-state index contributed by atoms with van der Waals surface area (Å²) in [5, 5.41) is 20.3. The lowest BCUT2D eigenvalue weighted by molar-refractivity contribution is 0.0591. The summed E-state index contributed by atoms with van der Waals surface area (Å²) in [6.45, 7) is 2.83. The number of aryl methyl sites for hydroxylation is 1. The third-order valence-corrected chi connectivity index (χ3v) is 3.91. The monoisotopic (exact) mass is 296 g/mol. The van der Waals surface area contributed by atoms with E-state index in [9.17, 15) is 4.79 Å². The number of nitrogens with one attached hydrogen (secondary N) is 1. The molecule has 0 saturated carbocycles. The predicted molar refractivity (Wildman–Crippen MR) is 77.1 cm³/mol. The lowest BCUT2D eigenvalue weighted by Crippen LogP contribution is -2.29. The van der Waals surface area contributed by atoms with Crippen molar-refractivity contribution in [2.24, 2.45) is 0 Å². The Balaban J connectivity index is 2.14. The van der Waals surface area contributed by atoms with Gasteiger partial charge < -0.3 is 15.2 Å². The van der Waals surface area contributed by atoms with Crippen LogP contribution in [0.25, 0.3) is 0 Å². The summed E-state index contributed by atoms with van der Waals surface area (Å²) >= 11 is 0. The number of ether oxygens (including phenoxy) is 1. The number of nitrogens with zero attached hydrogens (tertiary/aromatic N) is 3. The van der Waals surface area contributed by atoms with Crippen molar-refractivity contribution in [1.29, 1.82) is 0 Å². The number of aliphatic hydroxyl groups excluding tert-OH is 1. The number of hydrogen-bond donors (Lipinski definition) is 2. The zero-order valence-electron chi connectivity index (χ0n) is 12.5. The molecule has 0 unspecified atom stereocenters. The Hall–Kier alpha value is -1.47. The van der Waals surface area contributed by atoms with E-state index in [4.69, 9.17) is 9.84 Å². The van der Waals surface area contributed by atoms with Gasteiger partial charge in [0.25, 0.3) is 0 Å². The first-order chi connectivity index (χ1) is 10.3. The van der Waals surface area contributed by atoms with Crippen LogP contribution in [-0.4, -0.2) is 52.9 Å². The molecule has 0 radical (unpaired) electrons. The summed E-state index contributed by atoms with van der Waals surface area (Å²) in [6, 6.07) is 0. The van der Waals surface area contributed by atoms with Crippen LogP contribution in [0.5, 0.6) is 0 Å². The fourth-order valence-corrected chi connectivity index (χ4v) is 2.78. The Kier molecular flexibility index (Phi) is 6.13. The van der Waals surface area contributed by atoms with Gasteiger partial charge in [-0.1, -0.05) is 5.21 Å². The molecule has 1 aliphatic heterocycles. The van der Waals surface area contributed by atoms with E-state index in [0.717, 1.165) is 57.4 Å². The summed E-state index contributed by atoms with van der Waals surface area (Å²) in [7, 11) is 1.37. The van der Waals surface area contributed by atoms with Gasteiger partial charge in [0.15, 0.2) is 5.69 Å². The third-order valence-electron chi connectivity index (χ3n) is 3.91. The number of carbonyl (C=O) groups excluding carboxylic acids is 1. The van der Waals surface area contributed by atoms with Crippen molar-refractivity contribution >= 4 is 5.97 Å². The molecule has 118 valence electrons. The summed E-state index contributed by atoms with van der Waals surface area (Å²) in [5.41, 5.74) is 1.26. The highest BCUT2D eigenvalue weighted by molar-refractivity contribution is 5.88. The Bertz CT molecular complexity index is 455. The van der Waals surface area contributed by atoms with Gasteiger partial charge in [-0.3, -0.25) is 0 Å². The highest BCUT2D eigenvalue weighted by Gasteiger charge is 2.28. The average molecular weight is 296 g/mol. The van der Waals surface area contributed by atoms with Crippen molar-refractivity contribution < 1.29 is 14.6 Å². The SMILES string of the molecule is COC(=O)c1nnn(CCCCCO)c1C1CCNCC1. The van der Waals surface area contributed by atoms with E-state index in [1.807, 2.05) is 4.68 Å². The zero-order chi connectivity index (χ0) is 15.1. The van der Waals surface area contributed by atoms with Gasteiger partial charge in [0, 0.05) is 19.1 Å². The van der Waals surface area contributed by atoms with Crippen molar-refractivity contribution in [3.63, 3.8) is 0 Å². The number of carbonyl (C=O) groups is 1. The van der Waals surface area contributed by atoms with Crippen LogP contribution in [0.15, 0.2) is 0 Å². The van der Waals surface area contributed by atoms with E-state index in [0.29, 0.717) is 11.6 Å². The van der Waals surface area contributed by atoms with Gasteiger partial charge >= 0.3 is 5.97 Å². The van der Waals surface area contributed by atoms with Gasteiger partial charge in [-0.05, 0) is 45.2 Å². The van der Waals surface area contributed by atoms with Crippen LogP contribution in [-0.2, 0) is 11.3 Å². The molecule has 0 bridgehead atoms. The van der Waals surface area contributed by atoms with Crippen molar-refractivity contribution in [3.05, 3.63) is 11.4 Å². The molecule has 0 aliphatic carbocycles. The van der Waals surface area contributed by atoms with Crippen LogP contribution in [0.3, 0.4) is 0 Å². The van der Waals surface area contributed by atoms with Crippen LogP contribution in [0.2, 0.25) is 0 Å². The fraction of sp³-hybridized carbons (Fsp3) is 0.786. The molecule has 2 heterocycles. The molecule has 2 rings (SSSR count). The van der Waals surface area contributed by atoms with E-state index in [1.54, 1.807) is 0 Å². The van der Waals surface area contributed by atoms with Gasteiger partial charge in [0.2, 0.25) is 0 Å². The lowest BCUT2D eigenvalue weighted by atomic mass is 9.93. The molecule has 0 spiro atoms. The second-order valence-corrected chi connectivity index (χ2v) is 5.35. The van der Waals surface area contributed by atoms with E-state index < -0.39 is 5.97 Å². The van der Waals surface area contributed by atoms with Crippen LogP contribution in [0, 0.1) is 0 Å². The normalized spacial score (nSPS) is 16.1. The van der Waals surface area contributed by atoms with E-state index in [2.05, 4.69) is 15.6 Å². The topological polar surface area (TPSA) is 89.3 Å². The number of aromatic nitrogens is 3. The minimum Gasteiger partial charge on any atom is -0.464 e. The van der Waals surface area contributed by atoms with Gasteiger partial charge in [0.1, 0.15) is 0 Å². The van der Waals surface area contributed by atoms with Crippen molar-refractivity contribution in [3.8, 4) is 0 Å². The smallest absolute Gasteiger partial charge is 0.360 e. The molecule has 7 nitrogen and oxygen atoms in total. The number of aliphatic hydroxyl groups is 1. The summed E-state index contributed by atoms with van der Waals surface area (Å²) < 4.78 is 6.67. The Morgan fingerprint density at radius 3 is 2.81 bits per heavy atom. The Morgan fingerprint density at radius 1 is 1.38 bits per heavy atom. The molecular formula is C14H24N4O3. The predicted octanol–water partition coefficient (Wildman–Crippen LogP) is 0.694. The summed E-state index contributed by atoms with van der Waals surface area (Å²) in [4.78, 5) is 11.9. The van der Waals surface area contributed by atoms with Gasteiger partial charge in [0.05, 0.1) is 12.8 Å². The van der Waals surface area contributed by atoms with E-state index in [-0.39, 0.29) is 6.61 Å². The molecule has 0 atom stereocenters. The van der Waals surface area contributed by atoms with Crippen LogP contribution < -0.4 is 5.32 Å². The highest BCUT2D eigenvalue weighted by atomic mass is 16.5. The summed E-state index contributed by atoms with van der Waals surface area (Å²) in [6.07, 6.45) is 4.61. The minimum absolute atomic E-state index is 0.214. The standard InChI is InChI=1S/C14H24N4O3/c1-21-14(20)12-13(11-5-7-15-8-6-11)18(17-16-12)9-3-2-4-10-19/h11,15,19H,2-10H2,1H3. The number of unbranched alkanes of at least 4 members (excludes halogenated alkanes) is 2. The lowest BCUT2D eigenvalue weighted by Gasteiger charge is -2.23. The first-order valence-corrected chi connectivity index (χ1v) is 7.61. The highest BCUT2D eigenvalue weighted by Crippen LogP contribution is 2.27. The van der Waals surface area contributed by atoms with Crippen LogP contribution in [0.4, 0.5) is 0 Å². The maximum absolute atomic E-state index is 11.9. The van der Waals surface area contributed by atoms with Gasteiger partial charge in [-0.2, -0.15) is 0 Å². The minimum atomic E-state index is -0.412. The van der Waals surface area contributed by atoms with Crippen molar-refractivity contribution in [2.75, 3.05) is 26.8 Å². The second-order valence-electron chi connectivity index (χ2n) is 5.35. The van der Waals surface area contributed by atoms with E-state index in [1.165, 1.54) is 7.11 Å². The molecular weight excluding hydrogens is 272 g/mol. The molecule has 7 heteroatoms. The molecule has 1 aromatic rings. The molecule has 0 aromatic carbocycles. The number of hydrogen-bond acceptors (Lipinski definition) is 6. The zero-order valence-corrected chi connectivity index (χ0v) is 12.5.